The predicted octanol–water partition coefficient (Wildman–Crippen LogP) is 5.67. The van der Waals surface area contributed by atoms with E-state index >= 15 is 0 Å². The molecule has 0 saturated carbocycles. The second-order valence-electron chi connectivity index (χ2n) is 9.46. The van der Waals surface area contributed by atoms with Crippen molar-refractivity contribution in [1.29, 1.82) is 0 Å². The summed E-state index contributed by atoms with van der Waals surface area (Å²) < 4.78 is 12.0. The molecule has 1 aromatic heterocycles. The topological polar surface area (TPSA) is 104 Å². The Labute approximate surface area is 213 Å². The predicted molar refractivity (Wildman–Crippen MR) is 134 cm³/mol. The molecule has 9 heteroatoms. The van der Waals surface area contributed by atoms with Gasteiger partial charge in [-0.15, -0.1) is 0 Å². The van der Waals surface area contributed by atoms with Crippen LogP contribution in [0.25, 0.3) is 0 Å². The van der Waals surface area contributed by atoms with Gasteiger partial charge in [0.15, 0.2) is 0 Å². The Bertz CT molecular complexity index is 902. The van der Waals surface area contributed by atoms with E-state index in [0.29, 0.717) is 11.4 Å². The lowest BCUT2D eigenvalue weighted by molar-refractivity contribution is -0.222. The van der Waals surface area contributed by atoms with Gasteiger partial charge in [-0.1, -0.05) is 69.9 Å². The van der Waals surface area contributed by atoms with Crippen LogP contribution in [-0.2, 0) is 20.2 Å². The van der Waals surface area contributed by atoms with Crippen LogP contribution in [0.2, 0.25) is 5.02 Å². The normalized spacial score (nSPS) is 13.3. The van der Waals surface area contributed by atoms with Crippen LogP contribution in [0.4, 0.5) is 0 Å². The third-order valence-electron chi connectivity index (χ3n) is 5.79. The van der Waals surface area contributed by atoms with E-state index in [1.807, 2.05) is 0 Å². The van der Waals surface area contributed by atoms with Gasteiger partial charge in [0.05, 0.1) is 5.41 Å². The van der Waals surface area contributed by atoms with Gasteiger partial charge in [0, 0.05) is 11.4 Å². The molecule has 1 heterocycles. The van der Waals surface area contributed by atoms with E-state index in [-0.39, 0.29) is 18.3 Å². The minimum atomic E-state index is -2.49. The van der Waals surface area contributed by atoms with Crippen molar-refractivity contribution in [3.05, 3.63) is 41.9 Å². The Hall–Kier alpha value is -2.45. The van der Waals surface area contributed by atoms with Gasteiger partial charge in [0.25, 0.3) is 0 Å². The smallest absolute Gasteiger partial charge is 0.376 e. The highest BCUT2D eigenvalue weighted by Gasteiger charge is 2.50. The first-order chi connectivity index (χ1) is 16.7. The van der Waals surface area contributed by atoms with E-state index in [9.17, 15) is 14.7 Å². The van der Waals surface area contributed by atoms with E-state index in [4.69, 9.17) is 21.1 Å². The number of rotatable bonds is 17. The minimum absolute atomic E-state index is 0.205. The van der Waals surface area contributed by atoms with Crippen LogP contribution in [0.1, 0.15) is 85.0 Å². The van der Waals surface area contributed by atoms with Gasteiger partial charge < -0.3 is 14.6 Å². The molecule has 0 bridgehead atoms. The fraction of sp³-hybridized carbons (Fsp3) is 0.615. The number of hydrogen-bond donors (Lipinski definition) is 1. The molecule has 35 heavy (non-hydrogen) atoms. The van der Waals surface area contributed by atoms with Gasteiger partial charge >= 0.3 is 11.9 Å². The van der Waals surface area contributed by atoms with Gasteiger partial charge in [-0.25, -0.2) is 4.98 Å². The molecular weight excluding hydrogens is 470 g/mol. The maximum absolute atomic E-state index is 13.4. The largest absolute Gasteiger partial charge is 0.465 e. The molecular formula is C26H38ClN3O5. The number of nitrogens with zero attached hydrogens (tertiary/aromatic N) is 3. The van der Waals surface area contributed by atoms with Crippen molar-refractivity contribution in [3.63, 3.8) is 0 Å². The average molecular weight is 508 g/mol. The van der Waals surface area contributed by atoms with Crippen LogP contribution in [0.5, 0.6) is 5.75 Å². The van der Waals surface area contributed by atoms with Crippen LogP contribution in [0.15, 0.2) is 36.9 Å². The molecule has 2 aromatic rings. The number of carbonyl (C=O) groups is 2. The number of unbranched alkanes of at least 4 members (excludes halogenated alkanes) is 8. The monoisotopic (exact) mass is 507 g/mol. The maximum Gasteiger partial charge on any atom is 0.376 e. The summed E-state index contributed by atoms with van der Waals surface area (Å²) in [6.07, 6.45) is 13.1. The molecule has 2 rings (SSSR count). The quantitative estimate of drug-likeness (QED) is 0.167. The highest BCUT2D eigenvalue weighted by molar-refractivity contribution is 6.30. The lowest BCUT2D eigenvalue weighted by atomic mass is 9.86. The number of hydrogen-bond acceptors (Lipinski definition) is 7. The van der Waals surface area contributed by atoms with E-state index in [0.717, 1.165) is 23.9 Å². The van der Waals surface area contributed by atoms with Gasteiger partial charge in [-0.3, -0.25) is 9.59 Å². The highest BCUT2D eigenvalue weighted by atomic mass is 35.5. The zero-order chi connectivity index (χ0) is 25.7. The molecule has 0 radical (unpaired) electrons. The van der Waals surface area contributed by atoms with Crippen molar-refractivity contribution in [2.45, 2.75) is 90.9 Å². The molecule has 8 nitrogen and oxygen atoms in total. The Morgan fingerprint density at radius 3 is 2.17 bits per heavy atom. The van der Waals surface area contributed by atoms with Crippen LogP contribution in [0, 0.1) is 5.41 Å². The van der Waals surface area contributed by atoms with Gasteiger partial charge in [0.1, 0.15) is 25.0 Å². The van der Waals surface area contributed by atoms with Crippen LogP contribution in [-0.4, -0.2) is 38.2 Å². The summed E-state index contributed by atoms with van der Waals surface area (Å²) in [6.45, 7) is 5.16. The zero-order valence-corrected chi connectivity index (χ0v) is 21.8. The van der Waals surface area contributed by atoms with Crippen LogP contribution >= 0.6 is 11.6 Å². The van der Waals surface area contributed by atoms with Crippen molar-refractivity contribution in [1.82, 2.24) is 14.8 Å². The van der Waals surface area contributed by atoms with E-state index in [1.165, 1.54) is 63.3 Å². The summed E-state index contributed by atoms with van der Waals surface area (Å²) >= 11 is 5.91. The summed E-state index contributed by atoms with van der Waals surface area (Å²) in [5.41, 5.74) is -1.26. The number of halogens is 1. The number of Topliss-reactive ketones (excluding diaryl/α,β-unsaturated/α-hetero) is 1. The highest BCUT2D eigenvalue weighted by Crippen LogP contribution is 2.31. The van der Waals surface area contributed by atoms with E-state index in [2.05, 4.69) is 17.0 Å². The number of aliphatic hydroxyl groups is 1. The van der Waals surface area contributed by atoms with Crippen LogP contribution < -0.4 is 4.74 Å². The summed E-state index contributed by atoms with van der Waals surface area (Å²) in [5, 5.41) is 15.6. The van der Waals surface area contributed by atoms with Crippen molar-refractivity contribution >= 4 is 23.4 Å². The molecule has 0 aliphatic rings. The maximum atomic E-state index is 13.4. The SMILES string of the molecule is CCCCCCCCCCCC(=O)OCC(C)(C)C(=O)C(O)(Oc1ccc(Cl)cc1)n1cncn1. The van der Waals surface area contributed by atoms with E-state index in [1.54, 1.807) is 26.0 Å². The fourth-order valence-electron chi connectivity index (χ4n) is 3.65. The minimum Gasteiger partial charge on any atom is -0.465 e. The molecule has 0 fully saturated rings. The number of aromatic nitrogens is 3. The number of benzene rings is 1. The Morgan fingerprint density at radius 1 is 1.00 bits per heavy atom. The molecule has 1 N–H and O–H groups in total. The summed E-state index contributed by atoms with van der Waals surface area (Å²) in [7, 11) is 0. The molecule has 194 valence electrons. The lowest BCUT2D eigenvalue weighted by Crippen LogP contribution is -2.54. The Kier molecular flexibility index (Phi) is 11.7. The summed E-state index contributed by atoms with van der Waals surface area (Å²) in [5.74, 6) is -3.38. The Balaban J connectivity index is 1.86. The fourth-order valence-corrected chi connectivity index (χ4v) is 3.77. The number of esters is 1. The molecule has 0 spiro atoms. The van der Waals surface area contributed by atoms with Crippen molar-refractivity contribution in [2.75, 3.05) is 6.61 Å². The second-order valence-corrected chi connectivity index (χ2v) is 9.89. The molecule has 1 atom stereocenters. The number of carbonyl (C=O) groups excluding carboxylic acids is 2. The molecule has 1 unspecified atom stereocenters. The third kappa shape index (κ3) is 9.26. The van der Waals surface area contributed by atoms with E-state index < -0.39 is 17.1 Å². The lowest BCUT2D eigenvalue weighted by Gasteiger charge is -2.33. The molecule has 0 amide bonds. The third-order valence-corrected chi connectivity index (χ3v) is 6.04. The second kappa shape index (κ2) is 14.2. The number of ketones is 1. The average Bonchev–Trinajstić information content (AvgIpc) is 3.38. The van der Waals surface area contributed by atoms with Gasteiger partial charge in [0.2, 0.25) is 5.78 Å². The molecule has 0 aliphatic carbocycles. The Morgan fingerprint density at radius 2 is 1.60 bits per heavy atom. The first-order valence-corrected chi connectivity index (χ1v) is 12.8. The summed E-state index contributed by atoms with van der Waals surface area (Å²) in [4.78, 5) is 29.5. The van der Waals surface area contributed by atoms with Gasteiger partial charge in [-0.05, 0) is 44.5 Å². The first-order valence-electron chi connectivity index (χ1n) is 12.4. The van der Waals surface area contributed by atoms with Gasteiger partial charge in [-0.2, -0.15) is 9.78 Å². The molecule has 0 saturated heterocycles. The molecule has 0 aliphatic heterocycles. The van der Waals surface area contributed by atoms with Crippen molar-refractivity contribution < 1.29 is 24.2 Å². The van der Waals surface area contributed by atoms with Crippen LogP contribution in [0.3, 0.4) is 0 Å². The number of ether oxygens (including phenoxy) is 2. The standard InChI is InChI=1S/C26H38ClN3O5/c1-4-5-6-7-8-9-10-11-12-13-23(31)34-18-25(2,3)24(32)26(33,30-20-28-19-29-30)35-22-16-14-21(27)15-17-22/h14-17,19-20,33H,4-13,18H2,1-3H3. The van der Waals surface area contributed by atoms with Crippen molar-refractivity contribution in [3.8, 4) is 5.75 Å². The summed E-state index contributed by atoms with van der Waals surface area (Å²) in [6, 6.07) is 6.19. The molecule has 1 aromatic carbocycles. The first kappa shape index (κ1) is 28.8. The zero-order valence-electron chi connectivity index (χ0n) is 21.0. The van der Waals surface area contributed by atoms with Crippen molar-refractivity contribution in [2.24, 2.45) is 5.41 Å².